The molecule has 17 heavy (non-hydrogen) atoms. The van der Waals surface area contributed by atoms with Gasteiger partial charge in [0.1, 0.15) is 5.82 Å². The molecule has 0 saturated carbocycles. The lowest BCUT2D eigenvalue weighted by Crippen LogP contribution is -2.26. The average Bonchev–Trinajstić information content (AvgIpc) is 2.24. The first-order valence-electron chi connectivity index (χ1n) is 5.77. The van der Waals surface area contributed by atoms with Crippen molar-refractivity contribution in [2.45, 2.75) is 26.3 Å². The van der Waals surface area contributed by atoms with Crippen molar-refractivity contribution < 1.29 is 4.39 Å². The summed E-state index contributed by atoms with van der Waals surface area (Å²) in [5.74, 6) is 2.27. The second kappa shape index (κ2) is 7.24. The van der Waals surface area contributed by atoms with Crippen LogP contribution in [0.4, 0.5) is 4.39 Å². The molecule has 1 nitrogen and oxygen atoms in total. The summed E-state index contributed by atoms with van der Waals surface area (Å²) in [4.78, 5) is 0. The van der Waals surface area contributed by atoms with E-state index >= 15 is 0 Å². The minimum absolute atomic E-state index is 0.0216. The molecule has 1 aromatic rings. The van der Waals surface area contributed by atoms with Crippen molar-refractivity contribution in [3.63, 3.8) is 0 Å². The minimum atomic E-state index is -0.335. The molecule has 0 amide bonds. The molecule has 0 fully saturated rings. The number of rotatable bonds is 6. The van der Waals surface area contributed by atoms with Crippen molar-refractivity contribution in [3.8, 4) is 0 Å². The van der Waals surface area contributed by atoms with E-state index in [0.717, 1.165) is 11.5 Å². The Morgan fingerprint density at radius 1 is 1.35 bits per heavy atom. The van der Waals surface area contributed by atoms with Crippen LogP contribution < -0.4 is 5.73 Å². The van der Waals surface area contributed by atoms with Crippen LogP contribution in [0, 0.1) is 11.7 Å². The predicted molar refractivity (Wildman–Crippen MR) is 75.3 cm³/mol. The first kappa shape index (κ1) is 14.8. The summed E-state index contributed by atoms with van der Waals surface area (Å²) in [7, 11) is 0. The van der Waals surface area contributed by atoms with Gasteiger partial charge in [-0.25, -0.2) is 4.39 Å². The second-order valence-corrected chi connectivity index (χ2v) is 6.09. The molecule has 1 atom stereocenters. The molecular weight excluding hydrogens is 257 g/mol. The van der Waals surface area contributed by atoms with Crippen molar-refractivity contribution in [1.29, 1.82) is 0 Å². The third-order valence-corrected chi connectivity index (χ3v) is 4.15. The van der Waals surface area contributed by atoms with E-state index in [0.29, 0.717) is 17.9 Å². The third-order valence-electron chi connectivity index (χ3n) is 2.30. The monoisotopic (exact) mass is 275 g/mol. The van der Waals surface area contributed by atoms with E-state index in [-0.39, 0.29) is 16.9 Å². The average molecular weight is 276 g/mol. The minimum Gasteiger partial charge on any atom is -0.327 e. The first-order valence-corrected chi connectivity index (χ1v) is 7.30. The molecule has 96 valence electrons. The summed E-state index contributed by atoms with van der Waals surface area (Å²) in [6, 6.07) is 5.04. The molecule has 0 radical (unpaired) electrons. The van der Waals surface area contributed by atoms with E-state index in [1.54, 1.807) is 18.2 Å². The van der Waals surface area contributed by atoms with Gasteiger partial charge in [0.05, 0.1) is 5.02 Å². The van der Waals surface area contributed by atoms with E-state index < -0.39 is 0 Å². The van der Waals surface area contributed by atoms with Gasteiger partial charge in [0.25, 0.3) is 0 Å². The molecule has 0 bridgehead atoms. The van der Waals surface area contributed by atoms with Gasteiger partial charge in [0, 0.05) is 11.8 Å². The van der Waals surface area contributed by atoms with Gasteiger partial charge in [-0.15, -0.1) is 0 Å². The molecule has 0 spiro atoms. The molecule has 0 aliphatic heterocycles. The van der Waals surface area contributed by atoms with Crippen LogP contribution in [0.15, 0.2) is 18.2 Å². The molecule has 2 N–H and O–H groups in total. The number of nitrogens with two attached hydrogens (primary N) is 1. The van der Waals surface area contributed by atoms with Gasteiger partial charge < -0.3 is 5.73 Å². The van der Waals surface area contributed by atoms with Crippen LogP contribution in [0.2, 0.25) is 5.02 Å². The van der Waals surface area contributed by atoms with Crippen LogP contribution in [0.1, 0.15) is 19.4 Å². The lowest BCUT2D eigenvalue weighted by molar-refractivity contribution is 0.597. The topological polar surface area (TPSA) is 26.0 Å². The zero-order valence-corrected chi connectivity index (χ0v) is 11.8. The van der Waals surface area contributed by atoms with Crippen molar-refractivity contribution in [3.05, 3.63) is 34.6 Å². The largest absolute Gasteiger partial charge is 0.327 e. The zero-order chi connectivity index (χ0) is 12.8. The van der Waals surface area contributed by atoms with Crippen molar-refractivity contribution in [2.75, 3.05) is 11.5 Å². The number of hydrogen-bond donors (Lipinski definition) is 1. The fourth-order valence-electron chi connectivity index (χ4n) is 1.50. The molecule has 1 aromatic carbocycles. The molecule has 0 aromatic heterocycles. The summed E-state index contributed by atoms with van der Waals surface area (Å²) in [6.45, 7) is 4.35. The summed E-state index contributed by atoms with van der Waals surface area (Å²) in [5.41, 5.74) is 6.59. The van der Waals surface area contributed by atoms with Crippen LogP contribution in [0.5, 0.6) is 0 Å². The standard InChI is InChI=1S/C13H19ClFNS/c1-9(2)7-17-8-11(16)6-10-4-3-5-12(14)13(10)15/h3-5,9,11H,6-8,16H2,1-2H3. The number of benzene rings is 1. The highest BCUT2D eigenvalue weighted by Gasteiger charge is 2.10. The SMILES string of the molecule is CC(C)CSCC(N)Cc1cccc(Cl)c1F. The molecule has 0 aliphatic rings. The maximum absolute atomic E-state index is 13.6. The highest BCUT2D eigenvalue weighted by Crippen LogP contribution is 2.19. The number of halogens is 2. The molecule has 0 aliphatic carbocycles. The van der Waals surface area contributed by atoms with Gasteiger partial charge in [-0.3, -0.25) is 0 Å². The summed E-state index contributed by atoms with van der Waals surface area (Å²) in [5, 5.41) is 0.171. The smallest absolute Gasteiger partial charge is 0.145 e. The van der Waals surface area contributed by atoms with E-state index in [1.165, 1.54) is 0 Å². The van der Waals surface area contributed by atoms with Gasteiger partial charge in [0.15, 0.2) is 0 Å². The van der Waals surface area contributed by atoms with E-state index in [2.05, 4.69) is 13.8 Å². The van der Waals surface area contributed by atoms with E-state index in [1.807, 2.05) is 11.8 Å². The Labute approximate surface area is 112 Å². The summed E-state index contributed by atoms with van der Waals surface area (Å²) in [6.07, 6.45) is 0.539. The molecule has 1 rings (SSSR count). The Morgan fingerprint density at radius 2 is 2.06 bits per heavy atom. The highest BCUT2D eigenvalue weighted by atomic mass is 35.5. The molecular formula is C13H19ClFNS. The molecule has 0 heterocycles. The van der Waals surface area contributed by atoms with Crippen LogP contribution in [0.3, 0.4) is 0 Å². The van der Waals surface area contributed by atoms with Crippen molar-refractivity contribution in [2.24, 2.45) is 11.7 Å². The van der Waals surface area contributed by atoms with Crippen LogP contribution in [-0.2, 0) is 6.42 Å². The Kier molecular flexibility index (Phi) is 6.31. The second-order valence-electron chi connectivity index (χ2n) is 4.61. The van der Waals surface area contributed by atoms with Gasteiger partial charge in [0.2, 0.25) is 0 Å². The van der Waals surface area contributed by atoms with Crippen molar-refractivity contribution >= 4 is 23.4 Å². The summed E-state index contributed by atoms with van der Waals surface area (Å²) >= 11 is 7.54. The lowest BCUT2D eigenvalue weighted by atomic mass is 10.1. The van der Waals surface area contributed by atoms with E-state index in [4.69, 9.17) is 17.3 Å². The Morgan fingerprint density at radius 3 is 2.71 bits per heavy atom. The van der Waals surface area contributed by atoms with Gasteiger partial charge >= 0.3 is 0 Å². The molecule has 4 heteroatoms. The van der Waals surface area contributed by atoms with Crippen LogP contribution >= 0.6 is 23.4 Å². The maximum Gasteiger partial charge on any atom is 0.145 e. The Balaban J connectivity index is 2.45. The Hall–Kier alpha value is -0.250. The van der Waals surface area contributed by atoms with Crippen LogP contribution in [-0.4, -0.2) is 17.5 Å². The number of hydrogen-bond acceptors (Lipinski definition) is 2. The normalized spacial score (nSPS) is 13.1. The van der Waals surface area contributed by atoms with Crippen molar-refractivity contribution in [1.82, 2.24) is 0 Å². The van der Waals surface area contributed by atoms with Crippen LogP contribution in [0.25, 0.3) is 0 Å². The zero-order valence-electron chi connectivity index (χ0n) is 10.2. The first-order chi connectivity index (χ1) is 8.00. The maximum atomic E-state index is 13.6. The number of thioether (sulfide) groups is 1. The van der Waals surface area contributed by atoms with Gasteiger partial charge in [-0.2, -0.15) is 11.8 Å². The highest BCUT2D eigenvalue weighted by molar-refractivity contribution is 7.99. The van der Waals surface area contributed by atoms with E-state index in [9.17, 15) is 4.39 Å². The summed E-state index contributed by atoms with van der Waals surface area (Å²) < 4.78 is 13.6. The fourth-order valence-corrected chi connectivity index (χ4v) is 2.72. The quantitative estimate of drug-likeness (QED) is 0.856. The van der Waals surface area contributed by atoms with Gasteiger partial charge in [-0.05, 0) is 29.7 Å². The predicted octanol–water partition coefficient (Wildman–Crippen LogP) is 3.74. The molecule has 0 saturated heterocycles. The van der Waals surface area contributed by atoms with Gasteiger partial charge in [-0.1, -0.05) is 37.6 Å². The third kappa shape index (κ3) is 5.28. The molecule has 1 unspecified atom stereocenters. The Bertz CT molecular complexity index is 357. The lowest BCUT2D eigenvalue weighted by Gasteiger charge is -2.13. The fraction of sp³-hybridized carbons (Fsp3) is 0.538.